The van der Waals surface area contributed by atoms with E-state index in [1.165, 1.54) is 32.1 Å². The van der Waals surface area contributed by atoms with Crippen molar-refractivity contribution in [1.29, 1.82) is 0 Å². The molecule has 1 saturated heterocycles. The molecule has 1 heteroatoms. The predicted molar refractivity (Wildman–Crippen MR) is 40.6 cm³/mol. The van der Waals surface area contributed by atoms with Crippen molar-refractivity contribution >= 4 is 0 Å². The summed E-state index contributed by atoms with van der Waals surface area (Å²) in [5.41, 5.74) is 0. The first-order valence-electron chi connectivity index (χ1n) is 4.40. The molecule has 1 aliphatic carbocycles. The largest absolute Gasteiger partial charge is 0.373 e. The van der Waals surface area contributed by atoms with Crippen molar-refractivity contribution in [3.8, 4) is 0 Å². The molecular weight excluding hydrogens is 124 g/mol. The van der Waals surface area contributed by atoms with E-state index in [4.69, 9.17) is 4.74 Å². The zero-order valence-corrected chi connectivity index (χ0v) is 6.38. The molecule has 0 aromatic heterocycles. The van der Waals surface area contributed by atoms with Crippen LogP contribution in [0.25, 0.3) is 0 Å². The van der Waals surface area contributed by atoms with E-state index >= 15 is 0 Å². The molecule has 57 valence electrons. The van der Waals surface area contributed by atoms with Crippen molar-refractivity contribution in [2.45, 2.75) is 38.2 Å². The Balaban J connectivity index is 1.69. The summed E-state index contributed by atoms with van der Waals surface area (Å²) < 4.78 is 5.19. The monoisotopic (exact) mass is 139 g/mol. The van der Waals surface area contributed by atoms with Crippen LogP contribution in [0.2, 0.25) is 0 Å². The third-order valence-corrected chi connectivity index (χ3v) is 2.50. The number of hydrogen-bond donors (Lipinski definition) is 0. The fourth-order valence-electron chi connectivity index (χ4n) is 1.78. The Kier molecular flexibility index (Phi) is 1.94. The second-order valence-corrected chi connectivity index (χ2v) is 3.47. The van der Waals surface area contributed by atoms with E-state index in [1.54, 1.807) is 0 Å². The Bertz CT molecular complexity index is 101. The van der Waals surface area contributed by atoms with E-state index in [0.717, 1.165) is 12.5 Å². The van der Waals surface area contributed by atoms with Gasteiger partial charge in [0.05, 0.1) is 12.7 Å². The lowest BCUT2D eigenvalue weighted by Crippen LogP contribution is -2.09. The molecule has 0 bridgehead atoms. The predicted octanol–water partition coefficient (Wildman–Crippen LogP) is 2.17. The van der Waals surface area contributed by atoms with Crippen molar-refractivity contribution < 1.29 is 4.74 Å². The van der Waals surface area contributed by atoms with Gasteiger partial charge < -0.3 is 4.74 Å². The molecule has 2 atom stereocenters. The van der Waals surface area contributed by atoms with Crippen LogP contribution in [-0.4, -0.2) is 12.7 Å². The molecule has 1 saturated carbocycles. The first-order chi connectivity index (χ1) is 4.95. The molecule has 2 aliphatic rings. The van der Waals surface area contributed by atoms with E-state index in [2.05, 4.69) is 6.42 Å². The van der Waals surface area contributed by atoms with Crippen molar-refractivity contribution in [2.24, 2.45) is 5.92 Å². The fraction of sp³-hybridized carbons (Fsp3) is 0.889. The molecule has 0 amide bonds. The maximum atomic E-state index is 5.19. The average Bonchev–Trinajstić information content (AvgIpc) is 2.74. The highest BCUT2D eigenvalue weighted by Crippen LogP contribution is 2.30. The summed E-state index contributed by atoms with van der Waals surface area (Å²) in [5, 5.41) is 0. The maximum absolute atomic E-state index is 5.19. The van der Waals surface area contributed by atoms with Gasteiger partial charge in [-0.3, -0.25) is 0 Å². The zero-order chi connectivity index (χ0) is 6.81. The van der Waals surface area contributed by atoms with Gasteiger partial charge in [-0.15, -0.1) is 0 Å². The molecule has 0 aromatic carbocycles. The highest BCUT2D eigenvalue weighted by Gasteiger charge is 2.27. The van der Waals surface area contributed by atoms with Crippen LogP contribution in [0.15, 0.2) is 0 Å². The Morgan fingerprint density at radius 3 is 2.90 bits per heavy atom. The van der Waals surface area contributed by atoms with E-state index in [-0.39, 0.29) is 0 Å². The summed E-state index contributed by atoms with van der Waals surface area (Å²) in [5.74, 6) is 0.890. The van der Waals surface area contributed by atoms with Crippen LogP contribution >= 0.6 is 0 Å². The maximum Gasteiger partial charge on any atom is 0.0812 e. The Morgan fingerprint density at radius 2 is 2.30 bits per heavy atom. The second kappa shape index (κ2) is 2.91. The summed E-state index contributed by atoms with van der Waals surface area (Å²) >= 11 is 0. The summed E-state index contributed by atoms with van der Waals surface area (Å²) in [6, 6.07) is 0. The molecule has 2 fully saturated rings. The minimum Gasteiger partial charge on any atom is -0.373 e. The van der Waals surface area contributed by atoms with Crippen LogP contribution in [0.5, 0.6) is 0 Å². The van der Waals surface area contributed by atoms with Crippen LogP contribution < -0.4 is 0 Å². The van der Waals surface area contributed by atoms with Crippen molar-refractivity contribution in [3.05, 3.63) is 6.42 Å². The Labute approximate surface area is 62.8 Å². The first kappa shape index (κ1) is 6.66. The first-order valence-corrected chi connectivity index (χ1v) is 4.40. The van der Waals surface area contributed by atoms with Crippen molar-refractivity contribution in [2.75, 3.05) is 6.61 Å². The summed E-state index contributed by atoms with van der Waals surface area (Å²) in [6.07, 6.45) is 10.1. The molecule has 1 heterocycles. The van der Waals surface area contributed by atoms with Crippen LogP contribution in [0.4, 0.5) is 0 Å². The Morgan fingerprint density at radius 1 is 1.40 bits per heavy atom. The van der Waals surface area contributed by atoms with Gasteiger partial charge in [0.15, 0.2) is 0 Å². The molecule has 2 unspecified atom stereocenters. The quantitative estimate of drug-likeness (QED) is 0.534. The molecule has 0 aromatic rings. The molecular formula is C9H15O. The number of ether oxygens (including phenoxy) is 1. The summed E-state index contributed by atoms with van der Waals surface area (Å²) in [4.78, 5) is 0. The number of rotatable bonds is 2. The zero-order valence-electron chi connectivity index (χ0n) is 6.38. The lowest BCUT2D eigenvalue weighted by molar-refractivity contribution is 0.338. The molecule has 1 radical (unpaired) electrons. The summed E-state index contributed by atoms with van der Waals surface area (Å²) in [7, 11) is 0. The van der Waals surface area contributed by atoms with Crippen LogP contribution in [0, 0.1) is 12.3 Å². The molecule has 1 aliphatic heterocycles. The SMILES string of the molecule is [CH]1CCCCC1CC1CO1. The van der Waals surface area contributed by atoms with Gasteiger partial charge in [0.25, 0.3) is 0 Å². The van der Waals surface area contributed by atoms with E-state index in [0.29, 0.717) is 6.10 Å². The van der Waals surface area contributed by atoms with Gasteiger partial charge in [-0.05, 0) is 25.2 Å². The third kappa shape index (κ3) is 1.72. The smallest absolute Gasteiger partial charge is 0.0812 e. The van der Waals surface area contributed by atoms with Gasteiger partial charge in [0.2, 0.25) is 0 Å². The van der Waals surface area contributed by atoms with E-state index in [1.807, 2.05) is 0 Å². The van der Waals surface area contributed by atoms with E-state index < -0.39 is 0 Å². The topological polar surface area (TPSA) is 12.5 Å². The van der Waals surface area contributed by atoms with Crippen LogP contribution in [0.3, 0.4) is 0 Å². The average molecular weight is 139 g/mol. The molecule has 0 N–H and O–H groups in total. The van der Waals surface area contributed by atoms with Gasteiger partial charge in [0.1, 0.15) is 0 Å². The molecule has 10 heavy (non-hydrogen) atoms. The minimum absolute atomic E-state index is 0.638. The second-order valence-electron chi connectivity index (χ2n) is 3.47. The lowest BCUT2D eigenvalue weighted by Gasteiger charge is -2.19. The van der Waals surface area contributed by atoms with Gasteiger partial charge in [-0.2, -0.15) is 0 Å². The standard InChI is InChI=1S/C9H15O/c1-2-4-8(5-3-1)6-9-7-10-9/h4,8-9H,1-3,5-7H2. The normalized spacial score (nSPS) is 34.2. The highest BCUT2D eigenvalue weighted by atomic mass is 16.6. The van der Waals surface area contributed by atoms with Gasteiger partial charge in [-0.25, -0.2) is 0 Å². The third-order valence-electron chi connectivity index (χ3n) is 2.50. The number of hydrogen-bond acceptors (Lipinski definition) is 1. The summed E-state index contributed by atoms with van der Waals surface area (Å²) in [6.45, 7) is 1.03. The van der Waals surface area contributed by atoms with Crippen molar-refractivity contribution in [3.63, 3.8) is 0 Å². The van der Waals surface area contributed by atoms with Crippen LogP contribution in [0.1, 0.15) is 32.1 Å². The van der Waals surface area contributed by atoms with E-state index in [9.17, 15) is 0 Å². The van der Waals surface area contributed by atoms with Crippen LogP contribution in [-0.2, 0) is 4.74 Å². The van der Waals surface area contributed by atoms with Gasteiger partial charge in [-0.1, -0.05) is 19.3 Å². The fourth-order valence-corrected chi connectivity index (χ4v) is 1.78. The van der Waals surface area contributed by atoms with Gasteiger partial charge >= 0.3 is 0 Å². The Hall–Kier alpha value is -0.0400. The lowest BCUT2D eigenvalue weighted by atomic mass is 9.86. The highest BCUT2D eigenvalue weighted by molar-refractivity contribution is 4.85. The molecule has 1 nitrogen and oxygen atoms in total. The minimum atomic E-state index is 0.638. The molecule has 2 rings (SSSR count). The molecule has 0 spiro atoms. The van der Waals surface area contributed by atoms with Crippen molar-refractivity contribution in [1.82, 2.24) is 0 Å². The van der Waals surface area contributed by atoms with Gasteiger partial charge in [0, 0.05) is 0 Å². The number of epoxide rings is 1.